The third-order valence-corrected chi connectivity index (χ3v) is 3.78. The van der Waals surface area contributed by atoms with Crippen LogP contribution in [-0.2, 0) is 0 Å². The van der Waals surface area contributed by atoms with E-state index in [4.69, 9.17) is 4.74 Å². The van der Waals surface area contributed by atoms with E-state index in [-0.39, 0.29) is 0 Å². The van der Waals surface area contributed by atoms with Gasteiger partial charge in [-0.3, -0.25) is 5.10 Å². The van der Waals surface area contributed by atoms with Crippen molar-refractivity contribution in [1.29, 1.82) is 0 Å². The minimum absolute atomic E-state index is 0.597. The molecule has 2 aromatic rings. The second kappa shape index (κ2) is 5.30. The third-order valence-electron chi connectivity index (χ3n) is 3.78. The van der Waals surface area contributed by atoms with E-state index in [1.54, 1.807) is 7.11 Å². The summed E-state index contributed by atoms with van der Waals surface area (Å²) in [6.45, 7) is 2.13. The SMILES string of the molecule is COc1cc(C2CCN(c3cn[nH]c3)CC2)ccn1. The van der Waals surface area contributed by atoms with Crippen LogP contribution in [0.4, 0.5) is 5.69 Å². The van der Waals surface area contributed by atoms with Gasteiger partial charge in [0.05, 0.1) is 19.0 Å². The lowest BCUT2D eigenvalue weighted by molar-refractivity contribution is 0.395. The molecule has 1 aliphatic heterocycles. The van der Waals surface area contributed by atoms with Gasteiger partial charge in [0.25, 0.3) is 0 Å². The van der Waals surface area contributed by atoms with Gasteiger partial charge in [-0.2, -0.15) is 5.10 Å². The van der Waals surface area contributed by atoms with Gasteiger partial charge in [0, 0.05) is 31.5 Å². The number of hydrogen-bond acceptors (Lipinski definition) is 4. The van der Waals surface area contributed by atoms with Crippen molar-refractivity contribution in [2.45, 2.75) is 18.8 Å². The Hall–Kier alpha value is -2.04. The Bertz CT molecular complexity index is 518. The number of aromatic amines is 1. The number of anilines is 1. The second-order valence-electron chi connectivity index (χ2n) is 4.85. The first kappa shape index (κ1) is 12.0. The molecule has 19 heavy (non-hydrogen) atoms. The highest BCUT2D eigenvalue weighted by Crippen LogP contribution is 2.30. The summed E-state index contributed by atoms with van der Waals surface area (Å²) in [6, 6.07) is 4.15. The Kier molecular flexibility index (Phi) is 3.35. The highest BCUT2D eigenvalue weighted by atomic mass is 16.5. The minimum Gasteiger partial charge on any atom is -0.481 e. The third kappa shape index (κ3) is 2.54. The number of nitrogens with one attached hydrogen (secondary N) is 1. The molecule has 0 spiro atoms. The Balaban J connectivity index is 1.66. The zero-order valence-corrected chi connectivity index (χ0v) is 11.0. The van der Waals surface area contributed by atoms with Crippen LogP contribution >= 0.6 is 0 Å². The van der Waals surface area contributed by atoms with Gasteiger partial charge in [0.15, 0.2) is 0 Å². The summed E-state index contributed by atoms with van der Waals surface area (Å²) >= 11 is 0. The van der Waals surface area contributed by atoms with Crippen LogP contribution < -0.4 is 9.64 Å². The van der Waals surface area contributed by atoms with Crippen LogP contribution in [0.15, 0.2) is 30.7 Å². The van der Waals surface area contributed by atoms with E-state index in [9.17, 15) is 0 Å². The van der Waals surface area contributed by atoms with Crippen LogP contribution in [0.1, 0.15) is 24.3 Å². The molecule has 3 rings (SSSR count). The minimum atomic E-state index is 0.597. The average molecular weight is 258 g/mol. The van der Waals surface area contributed by atoms with Crippen LogP contribution in [-0.4, -0.2) is 35.4 Å². The lowest BCUT2D eigenvalue weighted by atomic mass is 9.90. The van der Waals surface area contributed by atoms with Crippen LogP contribution in [0, 0.1) is 0 Å². The van der Waals surface area contributed by atoms with Crippen molar-refractivity contribution in [3.8, 4) is 5.88 Å². The lowest BCUT2D eigenvalue weighted by Crippen LogP contribution is -2.32. The van der Waals surface area contributed by atoms with Gasteiger partial charge in [-0.05, 0) is 30.4 Å². The number of methoxy groups -OCH3 is 1. The number of piperidine rings is 1. The van der Waals surface area contributed by atoms with Crippen LogP contribution in [0.5, 0.6) is 5.88 Å². The Morgan fingerprint density at radius 2 is 2.21 bits per heavy atom. The summed E-state index contributed by atoms with van der Waals surface area (Å²) in [4.78, 5) is 6.54. The molecule has 3 heterocycles. The molecule has 0 unspecified atom stereocenters. The molecule has 5 nitrogen and oxygen atoms in total. The summed E-state index contributed by atoms with van der Waals surface area (Å²) in [7, 11) is 1.66. The maximum Gasteiger partial charge on any atom is 0.213 e. The molecule has 2 aromatic heterocycles. The maximum absolute atomic E-state index is 5.19. The highest BCUT2D eigenvalue weighted by Gasteiger charge is 2.21. The standard InChI is InChI=1S/C14H18N4O/c1-19-14-8-12(2-5-15-14)11-3-6-18(7-4-11)13-9-16-17-10-13/h2,5,8-11H,3-4,6-7H2,1H3,(H,16,17). The molecule has 100 valence electrons. The van der Waals surface area contributed by atoms with Gasteiger partial charge in [-0.25, -0.2) is 4.98 Å². The van der Waals surface area contributed by atoms with Crippen molar-refractivity contribution in [1.82, 2.24) is 15.2 Å². The number of rotatable bonds is 3. The number of hydrogen-bond donors (Lipinski definition) is 1. The van der Waals surface area contributed by atoms with E-state index < -0.39 is 0 Å². The zero-order valence-electron chi connectivity index (χ0n) is 11.0. The average Bonchev–Trinajstić information content (AvgIpc) is 3.02. The van der Waals surface area contributed by atoms with E-state index >= 15 is 0 Å². The fraction of sp³-hybridized carbons (Fsp3) is 0.429. The number of pyridine rings is 1. The molecule has 1 fully saturated rings. The topological polar surface area (TPSA) is 54.0 Å². The van der Waals surface area contributed by atoms with Crippen molar-refractivity contribution < 1.29 is 4.74 Å². The number of nitrogens with zero attached hydrogens (tertiary/aromatic N) is 3. The normalized spacial score (nSPS) is 16.6. The summed E-state index contributed by atoms with van der Waals surface area (Å²) in [6.07, 6.45) is 7.97. The zero-order chi connectivity index (χ0) is 13.1. The first-order valence-corrected chi connectivity index (χ1v) is 6.60. The van der Waals surface area contributed by atoms with Gasteiger partial charge in [0.2, 0.25) is 5.88 Å². The monoisotopic (exact) mass is 258 g/mol. The fourth-order valence-electron chi connectivity index (χ4n) is 2.68. The number of aromatic nitrogens is 3. The molecule has 0 aromatic carbocycles. The van der Waals surface area contributed by atoms with Crippen molar-refractivity contribution in [3.05, 3.63) is 36.3 Å². The number of ether oxygens (including phenoxy) is 1. The lowest BCUT2D eigenvalue weighted by Gasteiger charge is -2.32. The van der Waals surface area contributed by atoms with Gasteiger partial charge >= 0.3 is 0 Å². The Labute approximate surface area is 112 Å². The molecule has 0 aliphatic carbocycles. The van der Waals surface area contributed by atoms with E-state index in [1.807, 2.05) is 18.6 Å². The van der Waals surface area contributed by atoms with Crippen LogP contribution in [0.25, 0.3) is 0 Å². The summed E-state index contributed by atoms with van der Waals surface area (Å²) in [5.41, 5.74) is 2.52. The quantitative estimate of drug-likeness (QED) is 0.917. The maximum atomic E-state index is 5.19. The van der Waals surface area contributed by atoms with Crippen LogP contribution in [0.2, 0.25) is 0 Å². The Morgan fingerprint density at radius 1 is 1.37 bits per heavy atom. The summed E-state index contributed by atoms with van der Waals surface area (Å²) in [5.74, 6) is 1.30. The van der Waals surface area contributed by atoms with Gasteiger partial charge in [-0.1, -0.05) is 0 Å². The van der Waals surface area contributed by atoms with E-state index in [1.165, 1.54) is 11.3 Å². The molecule has 5 heteroatoms. The molecule has 0 atom stereocenters. The molecule has 1 aliphatic rings. The molecule has 1 N–H and O–H groups in total. The number of H-pyrrole nitrogens is 1. The van der Waals surface area contributed by atoms with Gasteiger partial charge in [0.1, 0.15) is 0 Å². The van der Waals surface area contributed by atoms with E-state index in [2.05, 4.69) is 32.2 Å². The molecule has 0 radical (unpaired) electrons. The van der Waals surface area contributed by atoms with Crippen molar-refractivity contribution in [2.24, 2.45) is 0 Å². The second-order valence-corrected chi connectivity index (χ2v) is 4.85. The van der Waals surface area contributed by atoms with Crippen molar-refractivity contribution in [3.63, 3.8) is 0 Å². The molecular weight excluding hydrogens is 240 g/mol. The van der Waals surface area contributed by atoms with Crippen LogP contribution in [0.3, 0.4) is 0 Å². The smallest absolute Gasteiger partial charge is 0.213 e. The fourth-order valence-corrected chi connectivity index (χ4v) is 2.68. The molecular formula is C14H18N4O. The van der Waals surface area contributed by atoms with Gasteiger partial charge < -0.3 is 9.64 Å². The van der Waals surface area contributed by atoms with E-state index in [0.717, 1.165) is 25.9 Å². The van der Waals surface area contributed by atoms with Crippen molar-refractivity contribution in [2.75, 3.05) is 25.1 Å². The molecule has 0 amide bonds. The summed E-state index contributed by atoms with van der Waals surface area (Å²) in [5, 5.41) is 6.87. The largest absolute Gasteiger partial charge is 0.481 e. The predicted molar refractivity (Wildman–Crippen MR) is 73.6 cm³/mol. The predicted octanol–water partition coefficient (Wildman–Crippen LogP) is 2.20. The summed E-state index contributed by atoms with van der Waals surface area (Å²) < 4.78 is 5.19. The first-order valence-electron chi connectivity index (χ1n) is 6.60. The molecule has 0 saturated carbocycles. The van der Waals surface area contributed by atoms with E-state index in [0.29, 0.717) is 11.8 Å². The van der Waals surface area contributed by atoms with Gasteiger partial charge in [-0.15, -0.1) is 0 Å². The highest BCUT2D eigenvalue weighted by molar-refractivity contribution is 5.42. The Morgan fingerprint density at radius 3 is 2.89 bits per heavy atom. The molecule has 1 saturated heterocycles. The molecule has 0 bridgehead atoms. The van der Waals surface area contributed by atoms with Crippen molar-refractivity contribution >= 4 is 5.69 Å². The first-order chi connectivity index (χ1) is 9.36.